The molecule has 2 aromatic heterocycles. The highest BCUT2D eigenvalue weighted by Gasteiger charge is 2.42. The normalized spacial score (nSPS) is 12.4. The van der Waals surface area contributed by atoms with E-state index in [9.17, 15) is 22.8 Å². The summed E-state index contributed by atoms with van der Waals surface area (Å²) >= 11 is 0. The maximum absolute atomic E-state index is 12.7. The third-order valence-electron chi connectivity index (χ3n) is 6.43. The Kier molecular flexibility index (Phi) is 7.72. The van der Waals surface area contributed by atoms with E-state index in [1.807, 2.05) is 54.6 Å². The number of imidazole rings is 1. The SMILES string of the molecule is O=C(CC(c1ccc2ccccc2c1)c1c[nH]c2cc(OCCCNc3ncc[nH]3)ccc12)OC(=O)C(F)(F)F. The molecule has 0 amide bonds. The number of carbonyl (C=O) groups excluding carboxylic acids is 2. The Morgan fingerprint density at radius 2 is 1.82 bits per heavy atom. The minimum atomic E-state index is -5.26. The first-order chi connectivity index (χ1) is 19.3. The maximum Gasteiger partial charge on any atom is 0.491 e. The van der Waals surface area contributed by atoms with Crippen molar-refractivity contribution in [3.8, 4) is 5.75 Å². The van der Waals surface area contributed by atoms with E-state index in [1.165, 1.54) is 0 Å². The fourth-order valence-corrected chi connectivity index (χ4v) is 4.54. The summed E-state index contributed by atoms with van der Waals surface area (Å²) in [7, 11) is 0. The number of rotatable bonds is 10. The summed E-state index contributed by atoms with van der Waals surface area (Å²) in [4.78, 5) is 34.0. The number of hydrogen-bond donors (Lipinski definition) is 3. The summed E-state index contributed by atoms with van der Waals surface area (Å²) in [6, 6.07) is 18.6. The molecule has 0 aliphatic heterocycles. The Morgan fingerprint density at radius 3 is 2.60 bits per heavy atom. The molecule has 5 aromatic rings. The van der Waals surface area contributed by atoms with Gasteiger partial charge in [0.15, 0.2) is 5.95 Å². The molecule has 1 unspecified atom stereocenters. The first-order valence-electron chi connectivity index (χ1n) is 12.6. The first-order valence-corrected chi connectivity index (χ1v) is 12.6. The number of carbonyl (C=O) groups is 2. The quantitative estimate of drug-likeness (QED) is 0.111. The molecule has 0 aliphatic carbocycles. The van der Waals surface area contributed by atoms with Crippen molar-refractivity contribution < 1.29 is 32.2 Å². The second-order valence-electron chi connectivity index (χ2n) is 9.14. The Morgan fingerprint density at radius 1 is 1.00 bits per heavy atom. The van der Waals surface area contributed by atoms with E-state index in [4.69, 9.17) is 4.74 Å². The zero-order valence-electron chi connectivity index (χ0n) is 21.1. The van der Waals surface area contributed by atoms with Crippen LogP contribution in [-0.4, -0.2) is 46.2 Å². The van der Waals surface area contributed by atoms with E-state index in [0.717, 1.165) is 28.1 Å². The zero-order chi connectivity index (χ0) is 28.1. The smallest absolute Gasteiger partial charge is 0.491 e. The maximum atomic E-state index is 12.7. The van der Waals surface area contributed by atoms with Gasteiger partial charge in [-0.3, -0.25) is 4.79 Å². The molecule has 3 aromatic carbocycles. The molecule has 0 fully saturated rings. The van der Waals surface area contributed by atoms with Crippen LogP contribution in [0, 0.1) is 0 Å². The number of esters is 2. The van der Waals surface area contributed by atoms with E-state index < -0.39 is 30.5 Å². The van der Waals surface area contributed by atoms with Crippen LogP contribution in [0.3, 0.4) is 0 Å². The van der Waals surface area contributed by atoms with E-state index in [1.54, 1.807) is 24.7 Å². The second-order valence-corrected chi connectivity index (χ2v) is 9.14. The van der Waals surface area contributed by atoms with Crippen LogP contribution >= 0.6 is 0 Å². The monoisotopic (exact) mass is 550 g/mol. The molecule has 1 atom stereocenters. The van der Waals surface area contributed by atoms with Crippen molar-refractivity contribution in [1.82, 2.24) is 15.0 Å². The molecular weight excluding hydrogens is 525 g/mol. The average Bonchev–Trinajstić information content (AvgIpc) is 3.61. The third-order valence-corrected chi connectivity index (χ3v) is 6.43. The summed E-state index contributed by atoms with van der Waals surface area (Å²) in [5.74, 6) is -3.15. The summed E-state index contributed by atoms with van der Waals surface area (Å²) in [6.45, 7) is 1.13. The second kappa shape index (κ2) is 11.5. The minimum absolute atomic E-state index is 0.464. The Balaban J connectivity index is 1.36. The molecule has 0 saturated carbocycles. The van der Waals surface area contributed by atoms with Gasteiger partial charge in [0.1, 0.15) is 5.75 Å². The number of H-pyrrole nitrogens is 2. The van der Waals surface area contributed by atoms with Gasteiger partial charge in [0, 0.05) is 48.0 Å². The number of halogens is 3. The van der Waals surface area contributed by atoms with E-state index in [-0.39, 0.29) is 0 Å². The average molecular weight is 551 g/mol. The van der Waals surface area contributed by atoms with Gasteiger partial charge >= 0.3 is 18.1 Å². The molecule has 0 bridgehead atoms. The predicted molar refractivity (Wildman–Crippen MR) is 143 cm³/mol. The number of hydrogen-bond acceptors (Lipinski definition) is 6. The molecule has 11 heteroatoms. The van der Waals surface area contributed by atoms with Crippen LogP contribution < -0.4 is 10.1 Å². The molecule has 0 spiro atoms. The van der Waals surface area contributed by atoms with Crippen LogP contribution in [0.5, 0.6) is 5.75 Å². The Hall–Kier alpha value is -4.80. The van der Waals surface area contributed by atoms with Gasteiger partial charge in [-0.25, -0.2) is 9.78 Å². The van der Waals surface area contributed by atoms with Crippen LogP contribution in [0.25, 0.3) is 21.7 Å². The van der Waals surface area contributed by atoms with Crippen LogP contribution in [0.15, 0.2) is 79.3 Å². The number of nitrogens with one attached hydrogen (secondary N) is 3. The van der Waals surface area contributed by atoms with Crippen molar-refractivity contribution in [1.29, 1.82) is 0 Å². The van der Waals surface area contributed by atoms with E-state index >= 15 is 0 Å². The molecule has 5 rings (SSSR count). The Labute approximate surface area is 226 Å². The molecular formula is C29H25F3N4O4. The van der Waals surface area contributed by atoms with Crippen molar-refractivity contribution in [2.75, 3.05) is 18.5 Å². The number of fused-ring (bicyclic) bond motifs is 2. The molecule has 0 saturated heterocycles. The van der Waals surface area contributed by atoms with Crippen LogP contribution in [0.4, 0.5) is 19.1 Å². The highest BCUT2D eigenvalue weighted by molar-refractivity contribution is 5.91. The molecule has 0 aliphatic rings. The van der Waals surface area contributed by atoms with Gasteiger partial charge in [-0.15, -0.1) is 0 Å². The highest BCUT2D eigenvalue weighted by Crippen LogP contribution is 2.36. The lowest BCUT2D eigenvalue weighted by molar-refractivity contribution is -0.201. The fraction of sp³-hybridized carbons (Fsp3) is 0.207. The minimum Gasteiger partial charge on any atom is -0.493 e. The molecule has 2 heterocycles. The van der Waals surface area contributed by atoms with Gasteiger partial charge in [0.2, 0.25) is 0 Å². The number of aromatic nitrogens is 3. The highest BCUT2D eigenvalue weighted by atomic mass is 19.4. The van der Waals surface area contributed by atoms with E-state index in [2.05, 4.69) is 25.0 Å². The topological polar surface area (TPSA) is 109 Å². The third kappa shape index (κ3) is 6.25. The van der Waals surface area contributed by atoms with Gasteiger partial charge in [0.25, 0.3) is 0 Å². The fourth-order valence-electron chi connectivity index (χ4n) is 4.54. The summed E-state index contributed by atoms with van der Waals surface area (Å²) < 4.78 is 48.1. The standard InChI is InChI=1S/C29H25F3N4O4/c30-29(31,32)27(38)40-26(37)16-23(20-7-6-18-4-1-2-5-19(18)14-20)24-17-36-25-15-21(8-9-22(24)25)39-13-3-10-33-28-34-11-12-35-28/h1-2,4-9,11-12,14-15,17,23,36H,3,10,13,16H2,(H2,33,34,35). The van der Waals surface area contributed by atoms with Crippen LogP contribution in [0.2, 0.25) is 0 Å². The van der Waals surface area contributed by atoms with Gasteiger partial charge in [-0.1, -0.05) is 42.5 Å². The number of alkyl halides is 3. The van der Waals surface area contributed by atoms with Crippen molar-refractivity contribution in [3.05, 3.63) is 90.4 Å². The van der Waals surface area contributed by atoms with Crippen molar-refractivity contribution in [3.63, 3.8) is 0 Å². The zero-order valence-corrected chi connectivity index (χ0v) is 21.1. The first kappa shape index (κ1) is 26.8. The number of anilines is 1. The summed E-state index contributed by atoms with van der Waals surface area (Å²) in [6.07, 6.45) is 0.106. The number of aromatic amines is 2. The van der Waals surface area contributed by atoms with Crippen molar-refractivity contribution in [2.45, 2.75) is 24.9 Å². The lowest BCUT2D eigenvalue weighted by Gasteiger charge is -2.17. The number of nitrogens with zero attached hydrogens (tertiary/aromatic N) is 1. The lowest BCUT2D eigenvalue weighted by Crippen LogP contribution is -2.28. The molecule has 206 valence electrons. The summed E-state index contributed by atoms with van der Waals surface area (Å²) in [5.41, 5.74) is 2.10. The molecule has 0 radical (unpaired) electrons. The molecule has 40 heavy (non-hydrogen) atoms. The van der Waals surface area contributed by atoms with Gasteiger partial charge in [-0.05, 0) is 40.5 Å². The summed E-state index contributed by atoms with van der Waals surface area (Å²) in [5, 5.41) is 5.78. The lowest BCUT2D eigenvalue weighted by atomic mass is 9.87. The molecule has 8 nitrogen and oxygen atoms in total. The molecule has 3 N–H and O–H groups in total. The van der Waals surface area contributed by atoms with Gasteiger partial charge in [-0.2, -0.15) is 13.2 Å². The predicted octanol–water partition coefficient (Wildman–Crippen LogP) is 6.08. The number of benzene rings is 3. The largest absolute Gasteiger partial charge is 0.493 e. The van der Waals surface area contributed by atoms with Crippen LogP contribution in [-0.2, 0) is 14.3 Å². The van der Waals surface area contributed by atoms with Crippen molar-refractivity contribution in [2.24, 2.45) is 0 Å². The van der Waals surface area contributed by atoms with Gasteiger partial charge in [0.05, 0.1) is 13.0 Å². The van der Waals surface area contributed by atoms with E-state index in [0.29, 0.717) is 36.0 Å². The van der Waals surface area contributed by atoms with Crippen molar-refractivity contribution >= 4 is 39.6 Å². The van der Waals surface area contributed by atoms with Crippen LogP contribution in [0.1, 0.15) is 29.9 Å². The van der Waals surface area contributed by atoms with Gasteiger partial charge < -0.3 is 24.8 Å². The number of ether oxygens (including phenoxy) is 2. The Bertz CT molecular complexity index is 1630.